The Morgan fingerprint density at radius 2 is 2.05 bits per heavy atom. The molecule has 1 aromatic heterocycles. The molecule has 1 atom stereocenters. The lowest BCUT2D eigenvalue weighted by Gasteiger charge is -2.27. The van der Waals surface area contributed by atoms with Gasteiger partial charge in [-0.05, 0) is 33.3 Å². The maximum atomic E-state index is 12.2. The minimum absolute atomic E-state index is 0.323. The Morgan fingerprint density at radius 3 is 2.47 bits per heavy atom. The third-order valence-electron chi connectivity index (χ3n) is 3.06. The number of aryl methyl sites for hydroxylation is 2. The topological polar surface area (TPSA) is 68.5 Å². The molecule has 0 aliphatic heterocycles. The molecule has 19 heavy (non-hydrogen) atoms. The summed E-state index contributed by atoms with van der Waals surface area (Å²) in [6.07, 6.45) is 1.27. The van der Waals surface area contributed by atoms with E-state index in [2.05, 4.69) is 5.32 Å². The number of carbonyl (C=O) groups excluding carboxylic acids is 2. The van der Waals surface area contributed by atoms with E-state index in [1.54, 1.807) is 26.8 Å². The second kappa shape index (κ2) is 5.91. The smallest absolute Gasteiger partial charge is 0.331 e. The van der Waals surface area contributed by atoms with Crippen LogP contribution in [0, 0.1) is 13.8 Å². The van der Waals surface area contributed by atoms with Gasteiger partial charge in [0, 0.05) is 0 Å². The number of nitrogens with one attached hydrogen (secondary N) is 1. The zero-order chi connectivity index (χ0) is 14.6. The van der Waals surface area contributed by atoms with Gasteiger partial charge in [0.2, 0.25) is 0 Å². The van der Waals surface area contributed by atoms with E-state index in [-0.39, 0.29) is 5.91 Å². The average Bonchev–Trinajstić information content (AvgIpc) is 2.67. The predicted molar refractivity (Wildman–Crippen MR) is 71.0 cm³/mol. The molecule has 0 aliphatic rings. The van der Waals surface area contributed by atoms with Crippen LogP contribution in [0.15, 0.2) is 10.5 Å². The van der Waals surface area contributed by atoms with Gasteiger partial charge in [-0.2, -0.15) is 0 Å². The monoisotopic (exact) mass is 267 g/mol. The second-order valence-electron chi connectivity index (χ2n) is 4.85. The number of ether oxygens (including phenoxy) is 1. The minimum Gasteiger partial charge on any atom is -0.467 e. The molecule has 5 nitrogen and oxygen atoms in total. The van der Waals surface area contributed by atoms with Crippen LogP contribution in [0.1, 0.15) is 48.6 Å². The van der Waals surface area contributed by atoms with Gasteiger partial charge < -0.3 is 14.5 Å². The van der Waals surface area contributed by atoms with Gasteiger partial charge in [0.25, 0.3) is 5.91 Å². The summed E-state index contributed by atoms with van der Waals surface area (Å²) in [7, 11) is 1.32. The second-order valence-corrected chi connectivity index (χ2v) is 4.85. The zero-order valence-corrected chi connectivity index (χ0v) is 12.1. The van der Waals surface area contributed by atoms with Gasteiger partial charge in [0.15, 0.2) is 0 Å². The number of furan rings is 1. The van der Waals surface area contributed by atoms with Crippen molar-refractivity contribution in [1.29, 1.82) is 0 Å². The van der Waals surface area contributed by atoms with E-state index in [4.69, 9.17) is 9.15 Å². The van der Waals surface area contributed by atoms with Gasteiger partial charge in [-0.3, -0.25) is 4.79 Å². The molecule has 106 valence electrons. The maximum absolute atomic E-state index is 12.2. The predicted octanol–water partition coefficient (Wildman–Crippen LogP) is 2.36. The van der Waals surface area contributed by atoms with Gasteiger partial charge in [-0.15, -0.1) is 0 Å². The number of carbonyl (C=O) groups is 2. The molecule has 1 aromatic rings. The van der Waals surface area contributed by atoms with Gasteiger partial charge >= 0.3 is 5.97 Å². The van der Waals surface area contributed by atoms with E-state index in [0.29, 0.717) is 23.5 Å². The fourth-order valence-electron chi connectivity index (χ4n) is 2.12. The van der Waals surface area contributed by atoms with Gasteiger partial charge in [0.1, 0.15) is 17.1 Å². The van der Waals surface area contributed by atoms with Crippen LogP contribution in [0.4, 0.5) is 0 Å². The van der Waals surface area contributed by atoms with Crippen molar-refractivity contribution in [3.05, 3.63) is 23.2 Å². The Kier molecular flexibility index (Phi) is 4.75. The maximum Gasteiger partial charge on any atom is 0.331 e. The highest BCUT2D eigenvalue weighted by Gasteiger charge is 2.35. The number of rotatable bonds is 5. The van der Waals surface area contributed by atoms with Gasteiger partial charge in [-0.25, -0.2) is 4.79 Å². The molecule has 0 saturated heterocycles. The standard InChI is InChI=1S/C14H21NO4/c1-6-7-14(4,13(17)18-5)15-12(16)11-8-9(2)19-10(11)3/h8H,6-7H2,1-5H3,(H,15,16). The summed E-state index contributed by atoms with van der Waals surface area (Å²) >= 11 is 0. The minimum atomic E-state index is -1.02. The summed E-state index contributed by atoms with van der Waals surface area (Å²) in [5.74, 6) is 0.438. The lowest BCUT2D eigenvalue weighted by atomic mass is 9.95. The Bertz CT molecular complexity index is 478. The van der Waals surface area contributed by atoms with E-state index < -0.39 is 11.5 Å². The van der Waals surface area contributed by atoms with Crippen LogP contribution in [-0.2, 0) is 9.53 Å². The number of amides is 1. The fourth-order valence-corrected chi connectivity index (χ4v) is 2.12. The van der Waals surface area contributed by atoms with E-state index >= 15 is 0 Å². The van der Waals surface area contributed by atoms with Crippen molar-refractivity contribution in [3.8, 4) is 0 Å². The quantitative estimate of drug-likeness (QED) is 0.831. The van der Waals surface area contributed by atoms with Gasteiger partial charge in [0.05, 0.1) is 12.7 Å². The summed E-state index contributed by atoms with van der Waals surface area (Å²) in [5, 5.41) is 2.74. The molecule has 0 fully saturated rings. The largest absolute Gasteiger partial charge is 0.467 e. The van der Waals surface area contributed by atoms with E-state index in [9.17, 15) is 9.59 Å². The van der Waals surface area contributed by atoms with E-state index in [0.717, 1.165) is 6.42 Å². The molecule has 0 spiro atoms. The number of hydrogen-bond acceptors (Lipinski definition) is 4. The first-order chi connectivity index (χ1) is 8.84. The van der Waals surface area contributed by atoms with Crippen molar-refractivity contribution in [3.63, 3.8) is 0 Å². The van der Waals surface area contributed by atoms with Crippen LogP contribution in [0.2, 0.25) is 0 Å². The molecule has 1 unspecified atom stereocenters. The zero-order valence-electron chi connectivity index (χ0n) is 12.1. The number of methoxy groups -OCH3 is 1. The van der Waals surface area contributed by atoms with E-state index in [1.807, 2.05) is 6.92 Å². The first-order valence-electron chi connectivity index (χ1n) is 6.32. The molecule has 5 heteroatoms. The van der Waals surface area contributed by atoms with Crippen LogP contribution < -0.4 is 5.32 Å². The molecular formula is C14H21NO4. The molecule has 1 heterocycles. The van der Waals surface area contributed by atoms with E-state index in [1.165, 1.54) is 7.11 Å². The highest BCUT2D eigenvalue weighted by atomic mass is 16.5. The van der Waals surface area contributed by atoms with Crippen molar-refractivity contribution in [2.45, 2.75) is 46.1 Å². The SMILES string of the molecule is CCCC(C)(NC(=O)c1cc(C)oc1C)C(=O)OC. The van der Waals surface area contributed by atoms with Crippen LogP contribution >= 0.6 is 0 Å². The van der Waals surface area contributed by atoms with Crippen LogP contribution in [0.3, 0.4) is 0 Å². The normalized spacial score (nSPS) is 13.7. The van der Waals surface area contributed by atoms with Crippen molar-refractivity contribution >= 4 is 11.9 Å². The molecule has 0 aliphatic carbocycles. The summed E-state index contributed by atoms with van der Waals surface area (Å²) in [4.78, 5) is 24.0. The number of hydrogen-bond donors (Lipinski definition) is 1. The third-order valence-corrected chi connectivity index (χ3v) is 3.06. The summed E-state index contributed by atoms with van der Waals surface area (Å²) < 4.78 is 10.1. The molecular weight excluding hydrogens is 246 g/mol. The van der Waals surface area contributed by atoms with Crippen molar-refractivity contribution in [2.75, 3.05) is 7.11 Å². The first-order valence-corrected chi connectivity index (χ1v) is 6.32. The lowest BCUT2D eigenvalue weighted by molar-refractivity contribution is -0.147. The number of esters is 1. The van der Waals surface area contributed by atoms with Crippen LogP contribution in [0.25, 0.3) is 0 Å². The average molecular weight is 267 g/mol. The van der Waals surface area contributed by atoms with Gasteiger partial charge in [-0.1, -0.05) is 13.3 Å². The van der Waals surface area contributed by atoms with Crippen molar-refractivity contribution < 1.29 is 18.7 Å². The van der Waals surface area contributed by atoms with Crippen LogP contribution in [0.5, 0.6) is 0 Å². The van der Waals surface area contributed by atoms with Crippen molar-refractivity contribution in [2.24, 2.45) is 0 Å². The molecule has 0 bridgehead atoms. The molecule has 0 saturated carbocycles. The molecule has 1 rings (SSSR count). The Hall–Kier alpha value is -1.78. The molecule has 0 aromatic carbocycles. The third kappa shape index (κ3) is 3.36. The summed E-state index contributed by atoms with van der Waals surface area (Å²) in [6, 6.07) is 1.66. The summed E-state index contributed by atoms with van der Waals surface area (Å²) in [6.45, 7) is 7.11. The fraction of sp³-hybridized carbons (Fsp3) is 0.571. The van der Waals surface area contributed by atoms with Crippen molar-refractivity contribution in [1.82, 2.24) is 5.32 Å². The highest BCUT2D eigenvalue weighted by molar-refractivity contribution is 5.98. The Morgan fingerprint density at radius 1 is 1.42 bits per heavy atom. The lowest BCUT2D eigenvalue weighted by Crippen LogP contribution is -2.52. The highest BCUT2D eigenvalue weighted by Crippen LogP contribution is 2.18. The molecule has 1 amide bonds. The Labute approximate surface area is 113 Å². The molecule has 0 radical (unpaired) electrons. The first kappa shape index (κ1) is 15.3. The summed E-state index contributed by atoms with van der Waals surface area (Å²) in [5.41, 5.74) is -0.568. The molecule has 1 N–H and O–H groups in total. The Balaban J connectivity index is 2.94. The van der Waals surface area contributed by atoms with Crippen LogP contribution in [-0.4, -0.2) is 24.5 Å².